The number of rotatable bonds is 12. The van der Waals surface area contributed by atoms with E-state index in [2.05, 4.69) is 27.3 Å². The molecule has 0 heterocycles. The van der Waals surface area contributed by atoms with Gasteiger partial charge in [0, 0.05) is 12.6 Å². The van der Waals surface area contributed by atoms with Gasteiger partial charge in [-0.15, -0.1) is 6.42 Å². The Morgan fingerprint density at radius 3 is 2.56 bits per heavy atom. The minimum atomic E-state index is -1.16. The Bertz CT molecular complexity index is 523. The summed E-state index contributed by atoms with van der Waals surface area (Å²) >= 11 is 0. The van der Waals surface area contributed by atoms with Gasteiger partial charge in [-0.2, -0.15) is 0 Å². The van der Waals surface area contributed by atoms with Crippen LogP contribution in [0.5, 0.6) is 0 Å². The van der Waals surface area contributed by atoms with E-state index in [0.29, 0.717) is 0 Å². The Hall–Kier alpha value is -2.86. The Morgan fingerprint density at radius 2 is 1.92 bits per heavy atom. The van der Waals surface area contributed by atoms with Crippen LogP contribution in [0.2, 0.25) is 0 Å². The molecule has 1 atom stereocenters. The van der Waals surface area contributed by atoms with Crippen LogP contribution in [0, 0.1) is 12.3 Å². The van der Waals surface area contributed by atoms with Gasteiger partial charge in [0.1, 0.15) is 6.61 Å². The van der Waals surface area contributed by atoms with Crippen molar-refractivity contribution in [1.82, 2.24) is 5.32 Å². The van der Waals surface area contributed by atoms with Crippen molar-refractivity contribution >= 4 is 23.8 Å². The third-order valence-electron chi connectivity index (χ3n) is 2.45. The minimum absolute atomic E-state index is 0.00173. The average molecular weight is 355 g/mol. The number of nitrogens with one attached hydrogen (secondary N) is 1. The molecule has 9 heteroatoms. The fourth-order valence-electron chi connectivity index (χ4n) is 1.29. The van der Waals surface area contributed by atoms with Crippen molar-refractivity contribution in [2.45, 2.75) is 19.4 Å². The highest BCUT2D eigenvalue weighted by atomic mass is 16.6. The smallest absolute Gasteiger partial charge is 0.347 e. The first-order valence-corrected chi connectivity index (χ1v) is 7.34. The molecule has 0 saturated heterocycles. The molecule has 1 unspecified atom stereocenters. The van der Waals surface area contributed by atoms with Crippen molar-refractivity contribution in [3.63, 3.8) is 0 Å². The van der Waals surface area contributed by atoms with Crippen molar-refractivity contribution in [1.29, 1.82) is 0 Å². The van der Waals surface area contributed by atoms with E-state index >= 15 is 0 Å². The third-order valence-corrected chi connectivity index (χ3v) is 2.45. The van der Waals surface area contributed by atoms with Crippen LogP contribution in [0.3, 0.4) is 0 Å². The molecule has 25 heavy (non-hydrogen) atoms. The van der Waals surface area contributed by atoms with E-state index in [-0.39, 0.29) is 38.7 Å². The topological polar surface area (TPSA) is 117 Å². The quantitative estimate of drug-likeness (QED) is 0.161. The summed E-state index contributed by atoms with van der Waals surface area (Å²) in [5.74, 6) is -0.504. The number of terminal acetylenes is 1. The lowest BCUT2D eigenvalue weighted by atomic mass is 10.4. The summed E-state index contributed by atoms with van der Waals surface area (Å²) in [6, 6.07) is 0. The van der Waals surface area contributed by atoms with Gasteiger partial charge in [-0.25, -0.2) is 14.4 Å². The molecule has 0 aliphatic rings. The van der Waals surface area contributed by atoms with Crippen LogP contribution in [0.25, 0.3) is 0 Å². The normalized spacial score (nSPS) is 10.7. The molecule has 0 rings (SSSR count). The molecule has 0 aliphatic carbocycles. The molecule has 0 aromatic carbocycles. The summed E-state index contributed by atoms with van der Waals surface area (Å²) in [7, 11) is 0. The van der Waals surface area contributed by atoms with Crippen LogP contribution in [0.1, 0.15) is 13.3 Å². The molecule has 0 bridgehead atoms. The van der Waals surface area contributed by atoms with Gasteiger partial charge in [-0.1, -0.05) is 12.5 Å². The Labute approximate surface area is 145 Å². The van der Waals surface area contributed by atoms with Crippen LogP contribution < -0.4 is 5.32 Å². The number of amides is 1. The first-order chi connectivity index (χ1) is 11.9. The lowest BCUT2D eigenvalue weighted by molar-refractivity contribution is -0.169. The maximum Gasteiger partial charge on any atom is 0.347 e. The van der Waals surface area contributed by atoms with E-state index in [1.54, 1.807) is 0 Å². The number of carbonyl (C=O) groups excluding carboxylic acids is 4. The van der Waals surface area contributed by atoms with E-state index in [1.807, 2.05) is 0 Å². The van der Waals surface area contributed by atoms with Crippen LogP contribution in [-0.4, -0.2) is 62.9 Å². The van der Waals surface area contributed by atoms with Gasteiger partial charge in [-0.05, 0) is 6.92 Å². The summed E-state index contributed by atoms with van der Waals surface area (Å²) in [5.41, 5.74) is 0. The zero-order chi connectivity index (χ0) is 19.1. The fourth-order valence-corrected chi connectivity index (χ4v) is 1.29. The van der Waals surface area contributed by atoms with Gasteiger partial charge >= 0.3 is 17.9 Å². The molecule has 1 amide bonds. The predicted molar refractivity (Wildman–Crippen MR) is 84.9 cm³/mol. The molecule has 0 saturated carbocycles. The monoisotopic (exact) mass is 355 g/mol. The van der Waals surface area contributed by atoms with Crippen molar-refractivity contribution in [3.05, 3.63) is 12.7 Å². The maximum absolute atomic E-state index is 11.4. The molecule has 0 aliphatic heterocycles. The second-order valence-corrected chi connectivity index (χ2v) is 4.45. The number of hydrogen-bond acceptors (Lipinski definition) is 8. The molecular formula is C16H21NO8. The van der Waals surface area contributed by atoms with Crippen LogP contribution >= 0.6 is 0 Å². The van der Waals surface area contributed by atoms with E-state index in [0.717, 1.165) is 6.08 Å². The highest BCUT2D eigenvalue weighted by Crippen LogP contribution is 1.96. The molecule has 138 valence electrons. The molecule has 0 radical (unpaired) electrons. The highest BCUT2D eigenvalue weighted by molar-refractivity contribution is 5.85. The summed E-state index contributed by atoms with van der Waals surface area (Å²) < 4.78 is 19.1. The van der Waals surface area contributed by atoms with Crippen molar-refractivity contribution in [2.75, 3.05) is 33.0 Å². The molecule has 1 N–H and O–H groups in total. The SMILES string of the molecule is C#CCC(=O)NCCOCCOC(=O)COC(=O)C(C)OC(=O)C=C. The van der Waals surface area contributed by atoms with E-state index in [9.17, 15) is 19.2 Å². The molecule has 0 aromatic heterocycles. The predicted octanol–water partition coefficient (Wildman–Crippen LogP) is -0.653. The fraction of sp³-hybridized carbons (Fsp3) is 0.500. The third kappa shape index (κ3) is 12.3. The summed E-state index contributed by atoms with van der Waals surface area (Å²) in [6.45, 7) is 4.45. The van der Waals surface area contributed by atoms with Crippen molar-refractivity contribution in [3.8, 4) is 12.3 Å². The lowest BCUT2D eigenvalue weighted by Crippen LogP contribution is -2.28. The summed E-state index contributed by atoms with van der Waals surface area (Å²) in [5, 5.41) is 2.53. The first kappa shape index (κ1) is 22.1. The van der Waals surface area contributed by atoms with E-state index in [1.165, 1.54) is 6.92 Å². The number of ether oxygens (including phenoxy) is 4. The van der Waals surface area contributed by atoms with Crippen LogP contribution in [0.15, 0.2) is 12.7 Å². The zero-order valence-electron chi connectivity index (χ0n) is 13.9. The summed E-state index contributed by atoms with van der Waals surface area (Å²) in [6.07, 6.45) is 4.71. The lowest BCUT2D eigenvalue weighted by Gasteiger charge is -2.11. The van der Waals surface area contributed by atoms with Crippen LogP contribution in [-0.2, 0) is 38.1 Å². The second kappa shape index (κ2) is 13.6. The number of esters is 3. The first-order valence-electron chi connectivity index (χ1n) is 7.34. The Balaban J connectivity index is 3.66. The molecular weight excluding hydrogens is 334 g/mol. The van der Waals surface area contributed by atoms with Crippen molar-refractivity contribution < 1.29 is 38.1 Å². The molecule has 0 spiro atoms. The van der Waals surface area contributed by atoms with Gasteiger partial charge in [0.05, 0.1) is 19.6 Å². The standard InChI is InChI=1S/C16H21NO8/c1-4-6-13(18)17-7-8-22-9-10-23-15(20)11-24-16(21)12(3)25-14(19)5-2/h1,5,12H,2,6-11H2,3H3,(H,17,18). The van der Waals surface area contributed by atoms with Gasteiger partial charge in [0.15, 0.2) is 12.7 Å². The average Bonchev–Trinajstić information content (AvgIpc) is 2.58. The van der Waals surface area contributed by atoms with E-state index < -0.39 is 30.6 Å². The number of carbonyl (C=O) groups is 4. The summed E-state index contributed by atoms with van der Waals surface area (Å²) in [4.78, 5) is 44.7. The molecule has 0 fully saturated rings. The number of hydrogen-bond donors (Lipinski definition) is 1. The van der Waals surface area contributed by atoms with Gasteiger partial charge < -0.3 is 24.3 Å². The molecule has 9 nitrogen and oxygen atoms in total. The second-order valence-electron chi connectivity index (χ2n) is 4.45. The van der Waals surface area contributed by atoms with Crippen LogP contribution in [0.4, 0.5) is 0 Å². The highest BCUT2D eigenvalue weighted by Gasteiger charge is 2.19. The van der Waals surface area contributed by atoms with Gasteiger partial charge in [0.25, 0.3) is 0 Å². The largest absolute Gasteiger partial charge is 0.461 e. The minimum Gasteiger partial charge on any atom is -0.461 e. The maximum atomic E-state index is 11.4. The Morgan fingerprint density at radius 1 is 1.20 bits per heavy atom. The molecule has 0 aromatic rings. The zero-order valence-corrected chi connectivity index (χ0v) is 13.9. The van der Waals surface area contributed by atoms with Gasteiger partial charge in [-0.3, -0.25) is 4.79 Å². The van der Waals surface area contributed by atoms with Crippen molar-refractivity contribution in [2.24, 2.45) is 0 Å². The van der Waals surface area contributed by atoms with Gasteiger partial charge in [0.2, 0.25) is 5.91 Å². The Kier molecular flexibility index (Phi) is 12.0. The van der Waals surface area contributed by atoms with E-state index in [4.69, 9.17) is 15.9 Å².